The molecule has 0 radical (unpaired) electrons. The summed E-state index contributed by atoms with van der Waals surface area (Å²) in [5, 5.41) is 0. The Hall–Kier alpha value is -0.0900. The molecule has 14 heavy (non-hydrogen) atoms. The Labute approximate surface area is 93.0 Å². The molecular formula is C10H14ClNOS. The van der Waals surface area contributed by atoms with Crippen molar-refractivity contribution in [1.82, 2.24) is 0 Å². The SMILES string of the molecule is CC1CCOC1C(N)c1ccc(Cl)s1. The van der Waals surface area contributed by atoms with Crippen molar-refractivity contribution in [3.63, 3.8) is 0 Å². The summed E-state index contributed by atoms with van der Waals surface area (Å²) in [6.07, 6.45) is 1.27. The van der Waals surface area contributed by atoms with Crippen molar-refractivity contribution in [3.05, 3.63) is 21.3 Å². The van der Waals surface area contributed by atoms with Gasteiger partial charge in [0.15, 0.2) is 0 Å². The Balaban J connectivity index is 2.11. The third-order valence-electron chi connectivity index (χ3n) is 2.72. The Morgan fingerprint density at radius 3 is 2.93 bits per heavy atom. The molecule has 3 unspecified atom stereocenters. The molecule has 0 saturated carbocycles. The van der Waals surface area contributed by atoms with Gasteiger partial charge in [-0.2, -0.15) is 0 Å². The monoisotopic (exact) mass is 231 g/mol. The van der Waals surface area contributed by atoms with Gasteiger partial charge in [-0.3, -0.25) is 0 Å². The molecule has 2 N–H and O–H groups in total. The van der Waals surface area contributed by atoms with Crippen LogP contribution in [0, 0.1) is 5.92 Å². The van der Waals surface area contributed by atoms with Crippen LogP contribution in [0.5, 0.6) is 0 Å². The number of hydrogen-bond donors (Lipinski definition) is 1. The van der Waals surface area contributed by atoms with Gasteiger partial charge in [0.2, 0.25) is 0 Å². The molecule has 2 nitrogen and oxygen atoms in total. The maximum atomic E-state index is 6.13. The lowest BCUT2D eigenvalue weighted by atomic mass is 9.97. The van der Waals surface area contributed by atoms with Crippen molar-refractivity contribution in [1.29, 1.82) is 0 Å². The lowest BCUT2D eigenvalue weighted by Gasteiger charge is -2.21. The molecule has 0 aliphatic carbocycles. The molecule has 0 aromatic carbocycles. The van der Waals surface area contributed by atoms with Gasteiger partial charge < -0.3 is 10.5 Å². The smallest absolute Gasteiger partial charge is 0.0931 e. The van der Waals surface area contributed by atoms with E-state index in [1.807, 2.05) is 12.1 Å². The van der Waals surface area contributed by atoms with E-state index >= 15 is 0 Å². The average molecular weight is 232 g/mol. The van der Waals surface area contributed by atoms with Crippen LogP contribution in [0.2, 0.25) is 4.34 Å². The summed E-state index contributed by atoms with van der Waals surface area (Å²) in [5.74, 6) is 0.547. The molecule has 0 amide bonds. The van der Waals surface area contributed by atoms with Gasteiger partial charge in [0, 0.05) is 11.5 Å². The van der Waals surface area contributed by atoms with E-state index in [4.69, 9.17) is 22.1 Å². The van der Waals surface area contributed by atoms with E-state index < -0.39 is 0 Å². The molecule has 78 valence electrons. The second-order valence-corrected chi connectivity index (χ2v) is 5.52. The lowest BCUT2D eigenvalue weighted by Crippen LogP contribution is -2.29. The van der Waals surface area contributed by atoms with Crippen LogP contribution in [-0.4, -0.2) is 12.7 Å². The number of halogens is 1. The first-order chi connectivity index (χ1) is 6.68. The average Bonchev–Trinajstić information content (AvgIpc) is 2.73. The quantitative estimate of drug-likeness (QED) is 0.850. The molecule has 4 heteroatoms. The molecule has 1 aromatic heterocycles. The third-order valence-corrected chi connectivity index (χ3v) is 4.05. The highest BCUT2D eigenvalue weighted by molar-refractivity contribution is 7.16. The van der Waals surface area contributed by atoms with Crippen LogP contribution in [0.25, 0.3) is 0 Å². The maximum absolute atomic E-state index is 6.13. The van der Waals surface area contributed by atoms with Gasteiger partial charge in [-0.1, -0.05) is 18.5 Å². The van der Waals surface area contributed by atoms with Gasteiger partial charge in [0.05, 0.1) is 16.5 Å². The Bertz CT molecular complexity index is 315. The van der Waals surface area contributed by atoms with Crippen molar-refractivity contribution in [2.24, 2.45) is 11.7 Å². The van der Waals surface area contributed by atoms with E-state index in [1.54, 1.807) is 11.3 Å². The van der Waals surface area contributed by atoms with Gasteiger partial charge in [-0.05, 0) is 24.5 Å². The number of ether oxygens (including phenoxy) is 1. The zero-order valence-electron chi connectivity index (χ0n) is 8.07. The van der Waals surface area contributed by atoms with Crippen LogP contribution in [-0.2, 0) is 4.74 Å². The Morgan fingerprint density at radius 2 is 2.43 bits per heavy atom. The molecule has 1 fully saturated rings. The fraction of sp³-hybridized carbons (Fsp3) is 0.600. The second-order valence-electron chi connectivity index (χ2n) is 3.77. The van der Waals surface area contributed by atoms with Crippen LogP contribution in [0.4, 0.5) is 0 Å². The first-order valence-electron chi connectivity index (χ1n) is 4.81. The van der Waals surface area contributed by atoms with Crippen molar-refractivity contribution in [2.45, 2.75) is 25.5 Å². The topological polar surface area (TPSA) is 35.2 Å². The molecule has 1 aliphatic rings. The lowest BCUT2D eigenvalue weighted by molar-refractivity contribution is 0.0734. The van der Waals surface area contributed by atoms with Crippen molar-refractivity contribution < 1.29 is 4.74 Å². The van der Waals surface area contributed by atoms with Crippen LogP contribution in [0.15, 0.2) is 12.1 Å². The molecule has 3 atom stereocenters. The molecule has 2 rings (SSSR count). The third kappa shape index (κ3) is 1.96. The minimum Gasteiger partial charge on any atom is -0.376 e. The van der Waals surface area contributed by atoms with E-state index in [1.165, 1.54) is 0 Å². The fourth-order valence-electron chi connectivity index (χ4n) is 1.85. The van der Waals surface area contributed by atoms with Crippen molar-refractivity contribution in [3.8, 4) is 0 Å². The minimum atomic E-state index is -0.0231. The number of thiophene rings is 1. The standard InChI is InChI=1S/C10H14ClNOS/c1-6-4-5-13-10(6)9(12)7-2-3-8(11)14-7/h2-3,6,9-10H,4-5,12H2,1H3. The van der Waals surface area contributed by atoms with Crippen LogP contribution in [0.3, 0.4) is 0 Å². The zero-order valence-corrected chi connectivity index (χ0v) is 9.65. The van der Waals surface area contributed by atoms with E-state index in [0.29, 0.717) is 5.92 Å². The highest BCUT2D eigenvalue weighted by Gasteiger charge is 2.31. The highest BCUT2D eigenvalue weighted by atomic mass is 35.5. The van der Waals surface area contributed by atoms with Gasteiger partial charge in [-0.25, -0.2) is 0 Å². The predicted octanol–water partition coefficient (Wildman–Crippen LogP) is 2.83. The van der Waals surface area contributed by atoms with Gasteiger partial charge >= 0.3 is 0 Å². The second kappa shape index (κ2) is 4.19. The first-order valence-corrected chi connectivity index (χ1v) is 6.00. The van der Waals surface area contributed by atoms with Gasteiger partial charge in [-0.15, -0.1) is 11.3 Å². The number of nitrogens with two attached hydrogens (primary N) is 1. The summed E-state index contributed by atoms with van der Waals surface area (Å²) < 4.78 is 6.42. The molecule has 0 bridgehead atoms. The maximum Gasteiger partial charge on any atom is 0.0931 e. The van der Waals surface area contributed by atoms with Crippen molar-refractivity contribution in [2.75, 3.05) is 6.61 Å². The van der Waals surface area contributed by atoms with Crippen molar-refractivity contribution >= 4 is 22.9 Å². The zero-order chi connectivity index (χ0) is 10.1. The molecule has 2 heterocycles. The summed E-state index contributed by atoms with van der Waals surface area (Å²) in [6, 6.07) is 3.86. The van der Waals surface area contributed by atoms with Crippen LogP contribution in [0.1, 0.15) is 24.3 Å². The van der Waals surface area contributed by atoms with E-state index in [2.05, 4.69) is 6.92 Å². The van der Waals surface area contributed by atoms with E-state index in [0.717, 1.165) is 22.2 Å². The summed E-state index contributed by atoms with van der Waals surface area (Å²) in [6.45, 7) is 3.02. The first kappa shape index (κ1) is 10.4. The van der Waals surface area contributed by atoms with Gasteiger partial charge in [0.1, 0.15) is 0 Å². The van der Waals surface area contributed by atoms with Crippen LogP contribution < -0.4 is 5.73 Å². The van der Waals surface area contributed by atoms with E-state index in [-0.39, 0.29) is 12.1 Å². The minimum absolute atomic E-state index is 0.0231. The normalized spacial score (nSPS) is 29.4. The summed E-state index contributed by atoms with van der Waals surface area (Å²) in [7, 11) is 0. The van der Waals surface area contributed by atoms with Crippen LogP contribution >= 0.6 is 22.9 Å². The predicted molar refractivity (Wildman–Crippen MR) is 59.8 cm³/mol. The number of rotatable bonds is 2. The Kier molecular flexibility index (Phi) is 3.12. The summed E-state index contributed by atoms with van der Waals surface area (Å²) in [4.78, 5) is 1.12. The fourth-order valence-corrected chi connectivity index (χ4v) is 2.94. The summed E-state index contributed by atoms with van der Waals surface area (Å²) in [5.41, 5.74) is 6.13. The Morgan fingerprint density at radius 1 is 1.64 bits per heavy atom. The van der Waals surface area contributed by atoms with E-state index in [9.17, 15) is 0 Å². The highest BCUT2D eigenvalue weighted by Crippen LogP contribution is 2.34. The largest absolute Gasteiger partial charge is 0.376 e. The molecule has 1 saturated heterocycles. The summed E-state index contributed by atoms with van der Waals surface area (Å²) >= 11 is 7.41. The molecular weight excluding hydrogens is 218 g/mol. The van der Waals surface area contributed by atoms with Gasteiger partial charge in [0.25, 0.3) is 0 Å². The molecule has 1 aromatic rings. The molecule has 0 spiro atoms. The molecule has 1 aliphatic heterocycles. The number of hydrogen-bond acceptors (Lipinski definition) is 3.